The van der Waals surface area contributed by atoms with Gasteiger partial charge in [0.05, 0.1) is 0 Å². The minimum atomic E-state index is -0.363. The summed E-state index contributed by atoms with van der Waals surface area (Å²) in [6.45, 7) is 0. The highest BCUT2D eigenvalue weighted by molar-refractivity contribution is 8.02. The van der Waals surface area contributed by atoms with E-state index in [-0.39, 0.29) is 10.3 Å². The van der Waals surface area contributed by atoms with Crippen LogP contribution in [0.3, 0.4) is 0 Å². The average Bonchev–Trinajstić information content (AvgIpc) is 2.06. The summed E-state index contributed by atoms with van der Waals surface area (Å²) in [5, 5.41) is 0. The fourth-order valence-electron chi connectivity index (χ4n) is 0.669. The first-order chi connectivity index (χ1) is 5.33. The third-order valence-corrected chi connectivity index (χ3v) is 2.40. The van der Waals surface area contributed by atoms with Gasteiger partial charge in [0.25, 0.3) is 0 Å². The lowest BCUT2D eigenvalue weighted by molar-refractivity contribution is 1.69. The number of benzene rings is 1. The van der Waals surface area contributed by atoms with Crippen molar-refractivity contribution >= 4 is 38.3 Å². The van der Waals surface area contributed by atoms with E-state index in [2.05, 4.69) is 27.1 Å². The number of thiocarbonyl (C=S) groups is 1. The Kier molecular flexibility index (Phi) is 3.17. The fraction of sp³-hybridized carbons (Fsp3) is 0. The first-order valence-corrected chi connectivity index (χ1v) is 4.86. The summed E-state index contributed by atoms with van der Waals surface area (Å²) in [6, 6.07) is 9.83. The molecule has 1 aromatic carbocycles. The number of nitrogens with one attached hydrogen (secondary N) is 1. The second kappa shape index (κ2) is 4.19. The van der Waals surface area contributed by atoms with Crippen LogP contribution >= 0.6 is 12.2 Å². The molecule has 0 aliphatic carbocycles. The molecule has 0 spiro atoms. The maximum Gasteiger partial charge on any atom is 0.0153 e. The van der Waals surface area contributed by atoms with Gasteiger partial charge < -0.3 is 15.0 Å². The van der Waals surface area contributed by atoms with Gasteiger partial charge in [-0.25, -0.2) is 5.87 Å². The van der Waals surface area contributed by atoms with Gasteiger partial charge in [0, 0.05) is 5.69 Å². The Morgan fingerprint density at radius 3 is 2.55 bits per heavy atom. The first-order valence-electron chi connectivity index (χ1n) is 3.06. The van der Waals surface area contributed by atoms with E-state index in [0.717, 1.165) is 5.69 Å². The second-order valence-electron chi connectivity index (χ2n) is 1.94. The van der Waals surface area contributed by atoms with Crippen molar-refractivity contribution < 1.29 is 0 Å². The topological polar surface area (TPSA) is 12.0 Å². The van der Waals surface area contributed by atoms with E-state index in [0.29, 0.717) is 0 Å². The van der Waals surface area contributed by atoms with E-state index in [4.69, 9.17) is 0 Å². The zero-order valence-electron chi connectivity index (χ0n) is 5.91. The highest BCUT2D eigenvalue weighted by atomic mass is 32.2. The molecule has 0 atom stereocenters. The van der Waals surface area contributed by atoms with Gasteiger partial charge >= 0.3 is 0 Å². The van der Waals surface area contributed by atoms with Crippen LogP contribution in [0.5, 0.6) is 0 Å². The maximum absolute atomic E-state index is 4.61. The van der Waals surface area contributed by atoms with Crippen molar-refractivity contribution in [2.24, 2.45) is 0 Å². The van der Waals surface area contributed by atoms with Crippen molar-refractivity contribution in [3.8, 4) is 0 Å². The molecule has 0 amide bonds. The van der Waals surface area contributed by atoms with Crippen LogP contribution in [0.15, 0.2) is 30.3 Å². The quantitative estimate of drug-likeness (QED) is 0.554. The third kappa shape index (κ3) is 2.76. The number of hydrogen-bond acceptors (Lipinski definition) is 3. The van der Waals surface area contributed by atoms with Gasteiger partial charge in [-0.1, -0.05) is 30.4 Å². The summed E-state index contributed by atoms with van der Waals surface area (Å²) in [7, 11) is -0.363. The average molecular weight is 182 g/mol. The van der Waals surface area contributed by atoms with Crippen LogP contribution in [0.2, 0.25) is 0 Å². The summed E-state index contributed by atoms with van der Waals surface area (Å²) in [4.78, 5) is 0. The molecule has 1 N–H and O–H groups in total. The largest absolute Gasteiger partial charge is 0.473 e. The molecule has 11 heavy (non-hydrogen) atoms. The first kappa shape index (κ1) is 8.34. The number of hydrogen-bond donors (Lipinski definition) is 1. The lowest BCUT2D eigenvalue weighted by atomic mass is 10.3. The fourth-order valence-corrected chi connectivity index (χ4v) is 1.26. The lowest BCUT2D eigenvalue weighted by Crippen LogP contribution is -1.93. The molecule has 0 bridgehead atoms. The van der Waals surface area contributed by atoms with Gasteiger partial charge in [0.15, 0.2) is 0 Å². The van der Waals surface area contributed by atoms with Crippen molar-refractivity contribution in [1.29, 1.82) is 0 Å². The predicted octanol–water partition coefficient (Wildman–Crippen LogP) is 1.90. The Morgan fingerprint density at radius 1 is 1.36 bits per heavy atom. The third-order valence-electron chi connectivity index (χ3n) is 1.12. The Morgan fingerprint density at radius 2 is 2.00 bits per heavy atom. The van der Waals surface area contributed by atoms with Crippen molar-refractivity contribution in [3.05, 3.63) is 30.3 Å². The van der Waals surface area contributed by atoms with Crippen LogP contribution < -0.4 is 4.72 Å². The van der Waals surface area contributed by atoms with E-state index >= 15 is 0 Å². The molecule has 0 aliphatic heterocycles. The summed E-state index contributed by atoms with van der Waals surface area (Å²) in [5.74, 6) is 3.75. The van der Waals surface area contributed by atoms with Gasteiger partial charge in [-0.15, -0.1) is 0 Å². The summed E-state index contributed by atoms with van der Waals surface area (Å²) < 4.78 is 5.70. The van der Waals surface area contributed by atoms with Crippen LogP contribution in [0.25, 0.3) is 0 Å². The minimum Gasteiger partial charge on any atom is -0.473 e. The maximum atomic E-state index is 4.61. The molecule has 0 radical (unpaired) electrons. The molecule has 1 aromatic rings. The van der Waals surface area contributed by atoms with Gasteiger partial charge in [-0.2, -0.15) is 4.31 Å². The van der Waals surface area contributed by atoms with E-state index in [1.807, 2.05) is 30.3 Å². The van der Waals surface area contributed by atoms with Crippen LogP contribution in [-0.4, -0.2) is 10.2 Å². The molecule has 0 unspecified atom stereocenters. The van der Waals surface area contributed by atoms with Crippen LogP contribution in [0.4, 0.5) is 5.69 Å². The molecule has 0 aromatic heterocycles. The van der Waals surface area contributed by atoms with Gasteiger partial charge in [0.2, 0.25) is 0 Å². The Bertz CT molecular complexity index is 319. The molecule has 1 rings (SSSR count). The van der Waals surface area contributed by atoms with E-state index in [1.54, 1.807) is 0 Å². The zero-order chi connectivity index (χ0) is 8.10. The predicted molar refractivity (Wildman–Crippen MR) is 57.1 cm³/mol. The molecular weight excluding hydrogens is 174 g/mol. The molecule has 3 heteroatoms. The van der Waals surface area contributed by atoms with Crippen LogP contribution in [-0.2, 0) is 10.3 Å². The molecule has 58 valence electrons. The van der Waals surface area contributed by atoms with Crippen molar-refractivity contribution in [3.63, 3.8) is 0 Å². The zero-order valence-corrected chi connectivity index (χ0v) is 7.54. The van der Waals surface area contributed by atoms with E-state index in [1.165, 1.54) is 0 Å². The Labute approximate surface area is 73.7 Å². The lowest BCUT2D eigenvalue weighted by Gasteiger charge is -2.10. The van der Waals surface area contributed by atoms with Crippen LogP contribution in [0, 0.1) is 0 Å². The van der Waals surface area contributed by atoms with Crippen LogP contribution in [0.1, 0.15) is 0 Å². The Balaban J connectivity index is 2.81. The van der Waals surface area contributed by atoms with Gasteiger partial charge in [-0.05, 0) is 12.1 Å². The van der Waals surface area contributed by atoms with Gasteiger partial charge in [-0.3, -0.25) is 0 Å². The molecule has 0 fully saturated rings. The van der Waals surface area contributed by atoms with E-state index < -0.39 is 0 Å². The van der Waals surface area contributed by atoms with Crippen molar-refractivity contribution in [2.75, 3.05) is 4.72 Å². The molecule has 1 nitrogen and oxygen atoms in total. The highest BCUT2D eigenvalue weighted by Crippen LogP contribution is 2.03. The molecule has 0 aliphatic rings. The monoisotopic (exact) mass is 182 g/mol. The van der Waals surface area contributed by atoms with Gasteiger partial charge in [0.1, 0.15) is 0 Å². The molecule has 0 heterocycles. The number of rotatable bonds is 2. The molecule has 0 saturated carbocycles. The molecular formula is C8H8NS2-. The smallest absolute Gasteiger partial charge is 0.0153 e. The number of anilines is 1. The van der Waals surface area contributed by atoms with E-state index in [9.17, 15) is 0 Å². The second-order valence-corrected chi connectivity index (χ2v) is 3.59. The standard InChI is InChI=1S/C8H8NS2/c1-11(7-10)9-8-5-3-2-4-6-8/h2-6,9H,1H2/q-1. The number of para-hydroxylation sites is 1. The summed E-state index contributed by atoms with van der Waals surface area (Å²) >= 11 is 4.61. The summed E-state index contributed by atoms with van der Waals surface area (Å²) in [6.07, 6.45) is 0. The molecule has 0 saturated heterocycles. The normalized spacial score (nSPS) is 9.18. The van der Waals surface area contributed by atoms with Crippen molar-refractivity contribution in [1.82, 2.24) is 0 Å². The highest BCUT2D eigenvalue weighted by Gasteiger charge is 1.77. The van der Waals surface area contributed by atoms with Crippen molar-refractivity contribution in [2.45, 2.75) is 0 Å². The SMILES string of the molecule is C=[S-](=C=S)Nc1ccccc1. The minimum absolute atomic E-state index is 0.363. The summed E-state index contributed by atoms with van der Waals surface area (Å²) in [5.41, 5.74) is 1.03. The Hall–Kier alpha value is -0.760.